The van der Waals surface area contributed by atoms with Crippen molar-refractivity contribution in [3.8, 4) is 5.75 Å². The maximum atomic E-state index is 11.9. The van der Waals surface area contributed by atoms with E-state index in [1.807, 2.05) is 0 Å². The average molecular weight is 286 g/mol. The minimum Gasteiger partial charge on any atom is -0.493 e. The molecule has 0 amide bonds. The summed E-state index contributed by atoms with van der Waals surface area (Å²) in [5.41, 5.74) is 0.746. The van der Waals surface area contributed by atoms with Gasteiger partial charge in [-0.15, -0.1) is 0 Å². The van der Waals surface area contributed by atoms with E-state index in [0.29, 0.717) is 5.75 Å². The highest BCUT2D eigenvalue weighted by Crippen LogP contribution is 2.20. The van der Waals surface area contributed by atoms with E-state index in [0.717, 1.165) is 5.56 Å². The number of sulfone groups is 1. The zero-order chi connectivity index (χ0) is 14.7. The van der Waals surface area contributed by atoms with Crippen LogP contribution in [0.15, 0.2) is 24.3 Å². The standard InChI is InChI=1S/C14H22O4S/c1-11(15)12-6-5-7-13(10-12)18-8-9-19(16,17)14(2,3)4/h5-7,10-11,15H,8-9H2,1-4H3/t11-/m1/s1. The van der Waals surface area contributed by atoms with Crippen LogP contribution in [-0.2, 0) is 9.84 Å². The van der Waals surface area contributed by atoms with Gasteiger partial charge in [0.1, 0.15) is 12.4 Å². The highest BCUT2D eigenvalue weighted by atomic mass is 32.2. The van der Waals surface area contributed by atoms with Gasteiger partial charge in [-0.2, -0.15) is 0 Å². The molecular formula is C14H22O4S. The third-order valence-corrected chi connectivity index (χ3v) is 5.46. The quantitative estimate of drug-likeness (QED) is 0.902. The monoisotopic (exact) mass is 286 g/mol. The van der Waals surface area contributed by atoms with Crippen molar-refractivity contribution in [2.75, 3.05) is 12.4 Å². The van der Waals surface area contributed by atoms with Crippen molar-refractivity contribution < 1.29 is 18.3 Å². The molecule has 0 aliphatic rings. The molecule has 0 saturated carbocycles. The van der Waals surface area contributed by atoms with Gasteiger partial charge in [-0.3, -0.25) is 0 Å². The lowest BCUT2D eigenvalue weighted by Crippen LogP contribution is -2.32. The summed E-state index contributed by atoms with van der Waals surface area (Å²) in [6.45, 7) is 6.81. The van der Waals surface area contributed by atoms with Gasteiger partial charge in [0.2, 0.25) is 0 Å². The lowest BCUT2D eigenvalue weighted by Gasteiger charge is -2.19. The van der Waals surface area contributed by atoms with Crippen LogP contribution in [0.5, 0.6) is 5.75 Å². The molecular weight excluding hydrogens is 264 g/mol. The van der Waals surface area contributed by atoms with Crippen LogP contribution in [-0.4, -0.2) is 30.6 Å². The second-order valence-electron chi connectivity index (χ2n) is 5.53. The fourth-order valence-electron chi connectivity index (χ4n) is 1.44. The largest absolute Gasteiger partial charge is 0.493 e. The Morgan fingerprint density at radius 2 is 1.95 bits per heavy atom. The van der Waals surface area contributed by atoms with Crippen molar-refractivity contribution in [3.05, 3.63) is 29.8 Å². The first-order chi connectivity index (χ1) is 8.63. The molecule has 1 atom stereocenters. The van der Waals surface area contributed by atoms with Gasteiger partial charge in [0.05, 0.1) is 16.6 Å². The molecule has 1 N–H and O–H groups in total. The van der Waals surface area contributed by atoms with Crippen molar-refractivity contribution in [2.24, 2.45) is 0 Å². The predicted molar refractivity (Wildman–Crippen MR) is 76.1 cm³/mol. The Kier molecular flexibility index (Phi) is 4.98. The van der Waals surface area contributed by atoms with Crippen LogP contribution in [0.2, 0.25) is 0 Å². The van der Waals surface area contributed by atoms with Crippen molar-refractivity contribution in [1.82, 2.24) is 0 Å². The smallest absolute Gasteiger partial charge is 0.158 e. The SMILES string of the molecule is C[C@@H](O)c1cccc(OCCS(=O)(=O)C(C)(C)C)c1. The summed E-state index contributed by atoms with van der Waals surface area (Å²) < 4.78 is 28.5. The minimum atomic E-state index is -3.17. The molecule has 5 heteroatoms. The molecule has 0 bridgehead atoms. The summed E-state index contributed by atoms with van der Waals surface area (Å²) in [4.78, 5) is 0. The van der Waals surface area contributed by atoms with Gasteiger partial charge in [-0.25, -0.2) is 8.42 Å². The second kappa shape index (κ2) is 5.92. The van der Waals surface area contributed by atoms with E-state index in [-0.39, 0.29) is 12.4 Å². The van der Waals surface area contributed by atoms with Crippen LogP contribution in [0.25, 0.3) is 0 Å². The van der Waals surface area contributed by atoms with Crippen LogP contribution < -0.4 is 4.74 Å². The molecule has 0 heterocycles. The molecule has 0 radical (unpaired) electrons. The second-order valence-corrected chi connectivity index (χ2v) is 8.39. The Balaban J connectivity index is 2.62. The van der Waals surface area contributed by atoms with Crippen LogP contribution in [0.4, 0.5) is 0 Å². The van der Waals surface area contributed by atoms with E-state index in [1.54, 1.807) is 52.0 Å². The number of rotatable bonds is 5. The summed E-state index contributed by atoms with van der Waals surface area (Å²) in [5, 5.41) is 9.46. The van der Waals surface area contributed by atoms with Crippen LogP contribution in [0, 0.1) is 0 Å². The molecule has 0 saturated heterocycles. The average Bonchev–Trinajstić information content (AvgIpc) is 2.27. The van der Waals surface area contributed by atoms with Crippen molar-refractivity contribution in [1.29, 1.82) is 0 Å². The molecule has 0 aromatic heterocycles. The third kappa shape index (κ3) is 4.51. The van der Waals surface area contributed by atoms with E-state index in [4.69, 9.17) is 4.74 Å². The van der Waals surface area contributed by atoms with Gasteiger partial charge < -0.3 is 9.84 Å². The van der Waals surface area contributed by atoms with E-state index in [1.165, 1.54) is 0 Å². The third-order valence-electron chi connectivity index (χ3n) is 2.89. The minimum absolute atomic E-state index is 0.0184. The first-order valence-electron chi connectivity index (χ1n) is 6.26. The van der Waals surface area contributed by atoms with E-state index >= 15 is 0 Å². The topological polar surface area (TPSA) is 63.6 Å². The first kappa shape index (κ1) is 16.0. The molecule has 4 nitrogen and oxygen atoms in total. The summed E-state index contributed by atoms with van der Waals surface area (Å²) in [6, 6.07) is 7.03. The van der Waals surface area contributed by atoms with E-state index in [2.05, 4.69) is 0 Å². The lowest BCUT2D eigenvalue weighted by molar-refractivity contribution is 0.198. The van der Waals surface area contributed by atoms with Gasteiger partial charge in [0.25, 0.3) is 0 Å². The predicted octanol–water partition coefficient (Wildman–Crippen LogP) is 2.33. The molecule has 0 aliphatic heterocycles. The maximum Gasteiger partial charge on any atom is 0.158 e. The maximum absolute atomic E-state index is 11.9. The fraction of sp³-hybridized carbons (Fsp3) is 0.571. The summed E-state index contributed by atoms with van der Waals surface area (Å²) >= 11 is 0. The van der Waals surface area contributed by atoms with Crippen molar-refractivity contribution >= 4 is 9.84 Å². The number of benzene rings is 1. The van der Waals surface area contributed by atoms with Gasteiger partial charge in [0.15, 0.2) is 9.84 Å². The van der Waals surface area contributed by atoms with Crippen LogP contribution in [0.3, 0.4) is 0 Å². The van der Waals surface area contributed by atoms with Crippen molar-refractivity contribution in [3.63, 3.8) is 0 Å². The molecule has 1 aromatic rings. The Morgan fingerprint density at radius 3 is 2.47 bits per heavy atom. The number of ether oxygens (including phenoxy) is 1. The van der Waals surface area contributed by atoms with E-state index in [9.17, 15) is 13.5 Å². The molecule has 1 rings (SSSR count). The number of aliphatic hydroxyl groups is 1. The molecule has 0 unspecified atom stereocenters. The van der Waals surface area contributed by atoms with Gasteiger partial charge >= 0.3 is 0 Å². The van der Waals surface area contributed by atoms with Gasteiger partial charge in [-0.1, -0.05) is 12.1 Å². The zero-order valence-corrected chi connectivity index (χ0v) is 12.7. The molecule has 19 heavy (non-hydrogen) atoms. The van der Waals surface area contributed by atoms with Gasteiger partial charge in [0, 0.05) is 0 Å². The normalized spacial score (nSPS) is 14.2. The molecule has 0 fully saturated rings. The Morgan fingerprint density at radius 1 is 1.32 bits per heavy atom. The fourth-order valence-corrected chi connectivity index (χ4v) is 2.35. The zero-order valence-electron chi connectivity index (χ0n) is 11.9. The number of aliphatic hydroxyl groups excluding tert-OH is 1. The summed E-state index contributed by atoms with van der Waals surface area (Å²) in [7, 11) is -3.17. The first-order valence-corrected chi connectivity index (χ1v) is 7.92. The van der Waals surface area contributed by atoms with Crippen LogP contribution >= 0.6 is 0 Å². The lowest BCUT2D eigenvalue weighted by atomic mass is 10.1. The Hall–Kier alpha value is -1.07. The Labute approximate surface area is 115 Å². The van der Waals surface area contributed by atoms with Gasteiger partial charge in [-0.05, 0) is 45.4 Å². The highest BCUT2D eigenvalue weighted by Gasteiger charge is 2.28. The molecule has 108 valence electrons. The van der Waals surface area contributed by atoms with E-state index < -0.39 is 20.7 Å². The summed E-state index contributed by atoms with van der Waals surface area (Å²) in [5.74, 6) is 0.553. The molecule has 0 spiro atoms. The molecule has 0 aliphatic carbocycles. The number of hydrogen-bond acceptors (Lipinski definition) is 4. The van der Waals surface area contributed by atoms with Crippen molar-refractivity contribution in [2.45, 2.75) is 38.5 Å². The van der Waals surface area contributed by atoms with Crippen LogP contribution in [0.1, 0.15) is 39.4 Å². The molecule has 1 aromatic carbocycles. The summed E-state index contributed by atoms with van der Waals surface area (Å²) in [6.07, 6.45) is -0.568. The number of hydrogen-bond donors (Lipinski definition) is 1. The highest BCUT2D eigenvalue weighted by molar-refractivity contribution is 7.92. The Bertz CT molecular complexity index is 512.